The van der Waals surface area contributed by atoms with Gasteiger partial charge < -0.3 is 14.8 Å². The molecule has 2 saturated heterocycles. The van der Waals surface area contributed by atoms with Gasteiger partial charge in [-0.3, -0.25) is 4.79 Å². The van der Waals surface area contributed by atoms with Crippen molar-refractivity contribution in [2.75, 3.05) is 32.6 Å². The molecule has 4 rings (SSSR count). The van der Waals surface area contributed by atoms with Crippen LogP contribution in [0.2, 0.25) is 0 Å². The molecule has 0 bridgehead atoms. The Hall–Kier alpha value is -2.66. The van der Waals surface area contributed by atoms with Crippen molar-refractivity contribution in [3.05, 3.63) is 47.5 Å². The van der Waals surface area contributed by atoms with E-state index in [1.54, 1.807) is 19.2 Å². The molecule has 2 aromatic rings. The smallest absolute Gasteiger partial charge is 0.246 e. The van der Waals surface area contributed by atoms with Gasteiger partial charge in [-0.25, -0.2) is 19.3 Å². The van der Waals surface area contributed by atoms with E-state index in [1.807, 2.05) is 31.2 Å². The Kier molecular flexibility index (Phi) is 7.42. The standard InChI is InChI=1S/C24H32N4O5S/c1-16-7-9-21(32-2)19(13-16)25-24(29)20-15-18(26-27-20)17-8-10-22(33-3)23(14-17)34(30,31)28-11-5-4-6-12-28/h7-10,13-14,18,20,26-27H,4-6,11-12,15H2,1-3H3,(H,25,29). The summed E-state index contributed by atoms with van der Waals surface area (Å²) >= 11 is 0. The summed E-state index contributed by atoms with van der Waals surface area (Å²) in [6, 6.07) is 10.0. The second kappa shape index (κ2) is 10.3. The molecule has 34 heavy (non-hydrogen) atoms. The van der Waals surface area contributed by atoms with Crippen LogP contribution in [0, 0.1) is 6.92 Å². The minimum Gasteiger partial charge on any atom is -0.495 e. The van der Waals surface area contributed by atoms with E-state index in [9.17, 15) is 13.2 Å². The van der Waals surface area contributed by atoms with Crippen molar-refractivity contribution >= 4 is 21.6 Å². The summed E-state index contributed by atoms with van der Waals surface area (Å²) < 4.78 is 38.9. The second-order valence-corrected chi connectivity index (χ2v) is 10.6. The quantitative estimate of drug-likeness (QED) is 0.550. The Labute approximate surface area is 200 Å². The van der Waals surface area contributed by atoms with Crippen LogP contribution >= 0.6 is 0 Å². The third-order valence-corrected chi connectivity index (χ3v) is 8.28. The number of anilines is 1. The molecule has 0 saturated carbocycles. The Morgan fingerprint density at radius 2 is 1.71 bits per heavy atom. The van der Waals surface area contributed by atoms with Gasteiger partial charge >= 0.3 is 0 Å². The van der Waals surface area contributed by atoms with Gasteiger partial charge in [-0.2, -0.15) is 4.31 Å². The number of sulfonamides is 1. The predicted molar refractivity (Wildman–Crippen MR) is 129 cm³/mol. The molecule has 2 unspecified atom stereocenters. The number of nitrogens with one attached hydrogen (secondary N) is 3. The zero-order chi connectivity index (χ0) is 24.3. The largest absolute Gasteiger partial charge is 0.495 e. The number of piperidine rings is 1. The molecule has 2 aliphatic heterocycles. The van der Waals surface area contributed by atoms with Crippen molar-refractivity contribution in [1.29, 1.82) is 0 Å². The van der Waals surface area contributed by atoms with Crippen molar-refractivity contribution in [1.82, 2.24) is 15.2 Å². The summed E-state index contributed by atoms with van der Waals surface area (Å²) in [5.41, 5.74) is 8.55. The maximum absolute atomic E-state index is 13.3. The van der Waals surface area contributed by atoms with Gasteiger partial charge in [-0.1, -0.05) is 18.6 Å². The monoisotopic (exact) mass is 488 g/mol. The molecular weight excluding hydrogens is 456 g/mol. The summed E-state index contributed by atoms with van der Waals surface area (Å²) in [6.07, 6.45) is 3.21. The second-order valence-electron chi connectivity index (χ2n) is 8.70. The van der Waals surface area contributed by atoms with E-state index in [2.05, 4.69) is 16.2 Å². The fraction of sp³-hybridized carbons (Fsp3) is 0.458. The van der Waals surface area contributed by atoms with Gasteiger partial charge in [0.1, 0.15) is 22.4 Å². The molecule has 0 aliphatic carbocycles. The highest BCUT2D eigenvalue weighted by molar-refractivity contribution is 7.89. The first-order valence-electron chi connectivity index (χ1n) is 11.5. The highest BCUT2D eigenvalue weighted by Crippen LogP contribution is 2.33. The number of hydrazine groups is 1. The average molecular weight is 489 g/mol. The summed E-state index contributed by atoms with van der Waals surface area (Å²) in [5.74, 6) is 0.707. The molecule has 2 heterocycles. The van der Waals surface area contributed by atoms with Crippen LogP contribution in [0.5, 0.6) is 11.5 Å². The average Bonchev–Trinajstić information content (AvgIpc) is 3.35. The summed E-state index contributed by atoms with van der Waals surface area (Å²) in [6.45, 7) is 2.98. The molecule has 2 aliphatic rings. The van der Waals surface area contributed by atoms with E-state index >= 15 is 0 Å². The van der Waals surface area contributed by atoms with Gasteiger partial charge in [-0.15, -0.1) is 0 Å². The predicted octanol–water partition coefficient (Wildman–Crippen LogP) is 2.73. The van der Waals surface area contributed by atoms with Gasteiger partial charge in [0.2, 0.25) is 15.9 Å². The maximum atomic E-state index is 13.3. The van der Waals surface area contributed by atoms with Gasteiger partial charge in [0.25, 0.3) is 0 Å². The number of hydrogen-bond donors (Lipinski definition) is 3. The van der Waals surface area contributed by atoms with Crippen LogP contribution < -0.4 is 25.6 Å². The topological polar surface area (TPSA) is 109 Å². The number of rotatable bonds is 7. The van der Waals surface area contributed by atoms with Gasteiger partial charge in [0, 0.05) is 19.1 Å². The van der Waals surface area contributed by atoms with Crippen LogP contribution in [-0.2, 0) is 14.8 Å². The zero-order valence-electron chi connectivity index (χ0n) is 19.8. The van der Waals surface area contributed by atoms with E-state index < -0.39 is 16.1 Å². The molecule has 184 valence electrons. The number of hydrogen-bond acceptors (Lipinski definition) is 7. The van der Waals surface area contributed by atoms with Crippen LogP contribution in [0.3, 0.4) is 0 Å². The summed E-state index contributed by atoms with van der Waals surface area (Å²) in [4.78, 5) is 13.1. The van der Waals surface area contributed by atoms with Gasteiger partial charge in [0.15, 0.2) is 0 Å². The molecule has 10 heteroatoms. The lowest BCUT2D eigenvalue weighted by atomic mass is 10.0. The van der Waals surface area contributed by atoms with E-state index in [1.165, 1.54) is 11.4 Å². The van der Waals surface area contributed by atoms with Crippen molar-refractivity contribution < 1.29 is 22.7 Å². The molecule has 3 N–H and O–H groups in total. The molecule has 0 spiro atoms. The first-order chi connectivity index (χ1) is 16.3. The molecule has 0 radical (unpaired) electrons. The maximum Gasteiger partial charge on any atom is 0.246 e. The molecular formula is C24H32N4O5S. The summed E-state index contributed by atoms with van der Waals surface area (Å²) in [7, 11) is -0.640. The molecule has 1 amide bonds. The van der Waals surface area contributed by atoms with Crippen LogP contribution in [0.1, 0.15) is 42.9 Å². The fourth-order valence-electron chi connectivity index (χ4n) is 4.44. The third kappa shape index (κ3) is 5.05. The van der Waals surface area contributed by atoms with E-state index in [0.717, 1.165) is 30.4 Å². The molecule has 2 fully saturated rings. The lowest BCUT2D eigenvalue weighted by molar-refractivity contribution is -0.117. The Balaban J connectivity index is 1.51. The van der Waals surface area contributed by atoms with E-state index in [-0.39, 0.29) is 16.8 Å². The Morgan fingerprint density at radius 3 is 2.41 bits per heavy atom. The van der Waals surface area contributed by atoms with Crippen molar-refractivity contribution in [2.24, 2.45) is 0 Å². The Morgan fingerprint density at radius 1 is 1.00 bits per heavy atom. The Bertz CT molecular complexity index is 1150. The van der Waals surface area contributed by atoms with Crippen LogP contribution in [0.4, 0.5) is 5.69 Å². The minimum atomic E-state index is -3.67. The number of ether oxygens (including phenoxy) is 2. The number of carbonyl (C=O) groups is 1. The van der Waals surface area contributed by atoms with E-state index in [4.69, 9.17) is 9.47 Å². The number of carbonyl (C=O) groups excluding carboxylic acids is 1. The highest BCUT2D eigenvalue weighted by Gasteiger charge is 2.33. The SMILES string of the molecule is COc1ccc(C)cc1NC(=O)C1CC(c2ccc(OC)c(S(=O)(=O)N3CCCCC3)c2)NN1. The zero-order valence-corrected chi connectivity index (χ0v) is 20.6. The van der Waals surface area contributed by atoms with Crippen LogP contribution in [0.15, 0.2) is 41.3 Å². The van der Waals surface area contributed by atoms with Crippen LogP contribution in [0.25, 0.3) is 0 Å². The molecule has 0 aromatic heterocycles. The first kappa shape index (κ1) is 24.5. The van der Waals surface area contributed by atoms with Crippen molar-refractivity contribution in [2.45, 2.75) is 49.6 Å². The molecule has 2 atom stereocenters. The number of aryl methyl sites for hydroxylation is 1. The lowest BCUT2D eigenvalue weighted by Crippen LogP contribution is -2.39. The van der Waals surface area contributed by atoms with Gasteiger partial charge in [-0.05, 0) is 61.6 Å². The minimum absolute atomic E-state index is 0.161. The normalized spacial score (nSPS) is 21.3. The number of nitrogens with zero attached hydrogens (tertiary/aromatic N) is 1. The lowest BCUT2D eigenvalue weighted by Gasteiger charge is -2.27. The highest BCUT2D eigenvalue weighted by atomic mass is 32.2. The number of benzene rings is 2. The van der Waals surface area contributed by atoms with E-state index in [0.29, 0.717) is 36.7 Å². The van der Waals surface area contributed by atoms with Crippen molar-refractivity contribution in [3.8, 4) is 11.5 Å². The summed E-state index contributed by atoms with van der Waals surface area (Å²) in [5, 5.41) is 2.92. The van der Waals surface area contributed by atoms with Crippen LogP contribution in [-0.4, -0.2) is 52.0 Å². The molecule has 2 aromatic carbocycles. The van der Waals surface area contributed by atoms with Gasteiger partial charge in [0.05, 0.1) is 19.9 Å². The molecule has 9 nitrogen and oxygen atoms in total. The number of methoxy groups -OCH3 is 2. The van der Waals surface area contributed by atoms with Crippen molar-refractivity contribution in [3.63, 3.8) is 0 Å². The number of amides is 1. The fourth-order valence-corrected chi connectivity index (χ4v) is 6.15. The first-order valence-corrected chi connectivity index (χ1v) is 12.9. The third-order valence-electron chi connectivity index (χ3n) is 6.36.